The zero-order valence-corrected chi connectivity index (χ0v) is 12.8. The minimum absolute atomic E-state index is 0.607. The van der Waals surface area contributed by atoms with Crippen molar-refractivity contribution in [2.45, 2.75) is 77.6 Å². The molecule has 0 amide bonds. The zero-order chi connectivity index (χ0) is 15.1. The average Bonchev–Trinajstić information content (AvgIpc) is 2.43. The van der Waals surface area contributed by atoms with Crippen LogP contribution in [0.4, 0.5) is 0 Å². The number of aliphatic hydroxyl groups is 1. The Hall–Kier alpha value is -1.25. The van der Waals surface area contributed by atoms with E-state index >= 15 is 0 Å². The first-order valence-electron chi connectivity index (χ1n) is 7.97. The highest BCUT2D eigenvalue weighted by Crippen LogP contribution is 2.11. The number of hydrogen-bond donors (Lipinski definition) is 2. The van der Waals surface area contributed by atoms with Crippen LogP contribution >= 0.6 is 0 Å². The molecule has 2 N–H and O–H groups in total. The van der Waals surface area contributed by atoms with Crippen LogP contribution in [-0.2, 0) is 4.79 Å². The molecule has 0 spiro atoms. The summed E-state index contributed by atoms with van der Waals surface area (Å²) in [4.78, 5) is 10.3. The standard InChI is InChI=1S/C17H30O3/c1-2-3-4-5-6-7-8-9-10-11-12-13-14-15-16(18)17(19)20/h13-15,18H,2-12H2,1H3,(H,19,20). The van der Waals surface area contributed by atoms with E-state index in [4.69, 9.17) is 10.2 Å². The second-order valence-electron chi connectivity index (χ2n) is 5.26. The second kappa shape index (κ2) is 14.2. The molecule has 3 nitrogen and oxygen atoms in total. The summed E-state index contributed by atoms with van der Waals surface area (Å²) >= 11 is 0. The highest BCUT2D eigenvalue weighted by Gasteiger charge is 1.99. The Bertz CT molecular complexity index is 293. The number of hydrogen-bond acceptors (Lipinski definition) is 2. The highest BCUT2D eigenvalue weighted by atomic mass is 16.4. The molecule has 20 heavy (non-hydrogen) atoms. The van der Waals surface area contributed by atoms with Crippen LogP contribution in [0.2, 0.25) is 0 Å². The fraction of sp³-hybridized carbons (Fsp3) is 0.706. The van der Waals surface area contributed by atoms with Crippen LogP contribution < -0.4 is 0 Å². The van der Waals surface area contributed by atoms with Crippen molar-refractivity contribution >= 4 is 5.97 Å². The van der Waals surface area contributed by atoms with Crippen molar-refractivity contribution in [2.24, 2.45) is 0 Å². The normalized spacial score (nSPS) is 12.2. The number of unbranched alkanes of at least 4 members (excludes halogenated alkanes) is 10. The summed E-state index contributed by atoms with van der Waals surface area (Å²) in [7, 11) is 0. The molecule has 0 bridgehead atoms. The van der Waals surface area contributed by atoms with Gasteiger partial charge in [0.05, 0.1) is 0 Å². The molecule has 0 aromatic rings. The van der Waals surface area contributed by atoms with Gasteiger partial charge in [-0.1, -0.05) is 76.9 Å². The second-order valence-corrected chi connectivity index (χ2v) is 5.26. The summed E-state index contributed by atoms with van der Waals surface area (Å²) < 4.78 is 0. The molecule has 0 aromatic carbocycles. The van der Waals surface area contributed by atoms with E-state index in [0.717, 1.165) is 12.8 Å². The molecule has 0 atom stereocenters. The van der Waals surface area contributed by atoms with E-state index < -0.39 is 11.7 Å². The van der Waals surface area contributed by atoms with E-state index in [0.29, 0.717) is 0 Å². The van der Waals surface area contributed by atoms with Gasteiger partial charge in [-0.15, -0.1) is 0 Å². The molecular weight excluding hydrogens is 252 g/mol. The maximum absolute atomic E-state index is 10.3. The van der Waals surface area contributed by atoms with E-state index in [9.17, 15) is 4.79 Å². The molecule has 116 valence electrons. The highest BCUT2D eigenvalue weighted by molar-refractivity contribution is 5.83. The lowest BCUT2D eigenvalue weighted by molar-refractivity contribution is -0.135. The largest absolute Gasteiger partial charge is 0.502 e. The Labute approximate surface area is 123 Å². The van der Waals surface area contributed by atoms with E-state index in [1.807, 2.05) is 6.08 Å². The third-order valence-corrected chi connectivity index (χ3v) is 3.33. The Morgan fingerprint density at radius 3 is 1.85 bits per heavy atom. The Morgan fingerprint density at radius 1 is 0.850 bits per heavy atom. The molecule has 0 rings (SSSR count). The SMILES string of the molecule is CCCCCCCCCCCCC=CC=C(O)C(=O)O. The number of aliphatic carboxylic acids is 1. The minimum Gasteiger partial charge on any atom is -0.502 e. The van der Waals surface area contributed by atoms with E-state index in [-0.39, 0.29) is 0 Å². The van der Waals surface area contributed by atoms with Crippen LogP contribution in [0.1, 0.15) is 77.6 Å². The molecular formula is C17H30O3. The van der Waals surface area contributed by atoms with Crippen LogP contribution in [0.25, 0.3) is 0 Å². The summed E-state index contributed by atoms with van der Waals surface area (Å²) in [6, 6.07) is 0. The van der Waals surface area contributed by atoms with Gasteiger partial charge in [-0.2, -0.15) is 0 Å². The number of carboxylic acid groups (broad SMARTS) is 1. The van der Waals surface area contributed by atoms with Gasteiger partial charge < -0.3 is 10.2 Å². The summed E-state index contributed by atoms with van der Waals surface area (Å²) in [5.41, 5.74) is 0. The fourth-order valence-electron chi connectivity index (χ4n) is 2.08. The van der Waals surface area contributed by atoms with Crippen LogP contribution in [0.5, 0.6) is 0 Å². The smallest absolute Gasteiger partial charge is 0.370 e. The Morgan fingerprint density at radius 2 is 1.35 bits per heavy atom. The van der Waals surface area contributed by atoms with E-state index in [1.165, 1.54) is 63.9 Å². The third-order valence-electron chi connectivity index (χ3n) is 3.33. The van der Waals surface area contributed by atoms with Crippen molar-refractivity contribution in [1.29, 1.82) is 0 Å². The maximum Gasteiger partial charge on any atom is 0.370 e. The van der Waals surface area contributed by atoms with Gasteiger partial charge >= 0.3 is 5.97 Å². The van der Waals surface area contributed by atoms with Crippen molar-refractivity contribution in [3.05, 3.63) is 24.0 Å². The molecule has 3 heteroatoms. The predicted molar refractivity (Wildman–Crippen MR) is 83.9 cm³/mol. The monoisotopic (exact) mass is 282 g/mol. The first-order valence-corrected chi connectivity index (χ1v) is 7.97. The fourth-order valence-corrected chi connectivity index (χ4v) is 2.08. The first-order chi connectivity index (χ1) is 9.68. The lowest BCUT2D eigenvalue weighted by Gasteiger charge is -2.01. The summed E-state index contributed by atoms with van der Waals surface area (Å²) in [5.74, 6) is -1.89. The van der Waals surface area contributed by atoms with Gasteiger partial charge in [0.25, 0.3) is 0 Å². The summed E-state index contributed by atoms with van der Waals surface area (Å²) in [6.45, 7) is 2.24. The molecule has 0 aliphatic carbocycles. The zero-order valence-electron chi connectivity index (χ0n) is 12.8. The molecule has 0 fully saturated rings. The van der Waals surface area contributed by atoms with E-state index in [2.05, 4.69) is 6.92 Å². The molecule has 0 heterocycles. The number of carbonyl (C=O) groups is 1. The van der Waals surface area contributed by atoms with Crippen LogP contribution in [0, 0.1) is 0 Å². The van der Waals surface area contributed by atoms with Gasteiger partial charge in [0, 0.05) is 0 Å². The molecule has 0 aliphatic rings. The average molecular weight is 282 g/mol. The van der Waals surface area contributed by atoms with Crippen molar-refractivity contribution in [1.82, 2.24) is 0 Å². The number of carboxylic acids is 1. The van der Waals surface area contributed by atoms with Gasteiger partial charge in [-0.05, 0) is 18.9 Å². The molecule has 0 aliphatic heterocycles. The molecule has 0 aromatic heterocycles. The number of allylic oxidation sites excluding steroid dienone is 3. The molecule has 0 unspecified atom stereocenters. The number of rotatable bonds is 13. The summed E-state index contributed by atoms with van der Waals surface area (Å²) in [6.07, 6.45) is 18.8. The molecule has 0 radical (unpaired) electrons. The molecule has 0 saturated heterocycles. The van der Waals surface area contributed by atoms with Crippen LogP contribution in [0.3, 0.4) is 0 Å². The van der Waals surface area contributed by atoms with Crippen molar-refractivity contribution in [2.75, 3.05) is 0 Å². The topological polar surface area (TPSA) is 57.5 Å². The Balaban J connectivity index is 3.26. The van der Waals surface area contributed by atoms with Crippen LogP contribution in [-0.4, -0.2) is 16.2 Å². The Kier molecular flexibility index (Phi) is 13.3. The lowest BCUT2D eigenvalue weighted by Crippen LogP contribution is -1.97. The summed E-state index contributed by atoms with van der Waals surface area (Å²) in [5, 5.41) is 17.3. The minimum atomic E-state index is -1.28. The van der Waals surface area contributed by atoms with Gasteiger partial charge in [-0.3, -0.25) is 0 Å². The van der Waals surface area contributed by atoms with Crippen molar-refractivity contribution in [3.63, 3.8) is 0 Å². The van der Waals surface area contributed by atoms with Gasteiger partial charge in [0.1, 0.15) is 0 Å². The van der Waals surface area contributed by atoms with Crippen molar-refractivity contribution in [3.8, 4) is 0 Å². The quantitative estimate of drug-likeness (QED) is 0.206. The third kappa shape index (κ3) is 13.2. The van der Waals surface area contributed by atoms with Gasteiger partial charge in [0.15, 0.2) is 0 Å². The van der Waals surface area contributed by atoms with E-state index in [1.54, 1.807) is 6.08 Å². The number of aliphatic hydroxyl groups excluding tert-OH is 1. The predicted octanol–water partition coefficient (Wildman–Crippen LogP) is 5.38. The van der Waals surface area contributed by atoms with Crippen LogP contribution in [0.15, 0.2) is 24.0 Å². The van der Waals surface area contributed by atoms with Gasteiger partial charge in [0.2, 0.25) is 5.76 Å². The molecule has 0 saturated carbocycles. The first kappa shape index (κ1) is 18.8. The lowest BCUT2D eigenvalue weighted by atomic mass is 10.1. The van der Waals surface area contributed by atoms with Crippen molar-refractivity contribution < 1.29 is 15.0 Å². The van der Waals surface area contributed by atoms with Gasteiger partial charge in [-0.25, -0.2) is 4.79 Å². The maximum atomic E-state index is 10.3.